The lowest BCUT2D eigenvalue weighted by Gasteiger charge is -2.15. The van der Waals surface area contributed by atoms with Gasteiger partial charge in [0.1, 0.15) is 11.3 Å². The van der Waals surface area contributed by atoms with Crippen molar-refractivity contribution in [3.05, 3.63) is 40.6 Å². The molecule has 1 heterocycles. The molecule has 4 nitrogen and oxygen atoms in total. The highest BCUT2D eigenvalue weighted by Gasteiger charge is 2.16. The molecule has 0 radical (unpaired) electrons. The third-order valence-electron chi connectivity index (χ3n) is 3.25. The predicted octanol–water partition coefficient (Wildman–Crippen LogP) is 4.22. The SMILES string of the molecule is COc1cccc2c(SC(=N)N)c(C/C=C(/C)Cl)c(C)nc12. The van der Waals surface area contributed by atoms with Crippen LogP contribution in [0.2, 0.25) is 0 Å². The molecule has 0 fully saturated rings. The van der Waals surface area contributed by atoms with Crippen molar-refractivity contribution in [2.24, 2.45) is 5.73 Å². The lowest BCUT2D eigenvalue weighted by atomic mass is 10.1. The summed E-state index contributed by atoms with van der Waals surface area (Å²) < 4.78 is 5.39. The van der Waals surface area contributed by atoms with Gasteiger partial charge in [0.15, 0.2) is 5.17 Å². The fourth-order valence-electron chi connectivity index (χ4n) is 2.26. The van der Waals surface area contributed by atoms with E-state index in [2.05, 4.69) is 4.98 Å². The molecule has 2 aromatic rings. The molecule has 0 aliphatic carbocycles. The summed E-state index contributed by atoms with van der Waals surface area (Å²) >= 11 is 7.18. The average molecular weight is 336 g/mol. The number of ether oxygens (including phenoxy) is 1. The highest BCUT2D eigenvalue weighted by atomic mass is 35.5. The van der Waals surface area contributed by atoms with Crippen molar-refractivity contribution in [3.8, 4) is 5.75 Å². The number of allylic oxidation sites excluding steroid dienone is 2. The van der Waals surface area contributed by atoms with E-state index >= 15 is 0 Å². The van der Waals surface area contributed by atoms with Crippen molar-refractivity contribution in [2.45, 2.75) is 25.2 Å². The predicted molar refractivity (Wildman–Crippen MR) is 94.1 cm³/mol. The molecule has 1 aromatic carbocycles. The number of benzene rings is 1. The van der Waals surface area contributed by atoms with Crippen LogP contribution in [-0.2, 0) is 6.42 Å². The zero-order valence-corrected chi connectivity index (χ0v) is 14.3. The maximum absolute atomic E-state index is 7.64. The molecule has 3 N–H and O–H groups in total. The number of rotatable bonds is 4. The summed E-state index contributed by atoms with van der Waals surface area (Å²) in [5.41, 5.74) is 8.31. The lowest BCUT2D eigenvalue weighted by Crippen LogP contribution is -2.06. The van der Waals surface area contributed by atoms with Crippen molar-refractivity contribution >= 4 is 39.4 Å². The minimum absolute atomic E-state index is 0.0440. The van der Waals surface area contributed by atoms with Crippen LogP contribution in [0.4, 0.5) is 0 Å². The average Bonchev–Trinajstić information content (AvgIpc) is 2.45. The van der Waals surface area contributed by atoms with E-state index in [1.165, 1.54) is 11.8 Å². The third-order valence-corrected chi connectivity index (χ3v) is 4.30. The van der Waals surface area contributed by atoms with Gasteiger partial charge in [-0.05, 0) is 31.9 Å². The van der Waals surface area contributed by atoms with Gasteiger partial charge in [-0.1, -0.05) is 41.6 Å². The molecular formula is C16H18ClN3OS. The number of amidine groups is 1. The molecular weight excluding hydrogens is 318 g/mol. The fourth-order valence-corrected chi connectivity index (χ4v) is 3.18. The summed E-state index contributed by atoms with van der Waals surface area (Å²) in [7, 11) is 1.62. The molecule has 0 unspecified atom stereocenters. The Bertz CT molecular complexity index is 755. The van der Waals surface area contributed by atoms with Crippen molar-refractivity contribution in [1.82, 2.24) is 4.98 Å². The Morgan fingerprint density at radius 2 is 2.23 bits per heavy atom. The molecule has 0 amide bonds. The van der Waals surface area contributed by atoms with Gasteiger partial charge in [-0.15, -0.1) is 0 Å². The number of thioether (sulfide) groups is 1. The largest absolute Gasteiger partial charge is 0.494 e. The molecule has 0 saturated heterocycles. The van der Waals surface area contributed by atoms with Crippen molar-refractivity contribution in [2.75, 3.05) is 7.11 Å². The summed E-state index contributed by atoms with van der Waals surface area (Å²) in [5.74, 6) is 0.710. The second kappa shape index (κ2) is 7.03. The summed E-state index contributed by atoms with van der Waals surface area (Å²) in [6, 6.07) is 5.75. The number of aromatic nitrogens is 1. The van der Waals surface area contributed by atoms with E-state index in [0.717, 1.165) is 32.1 Å². The van der Waals surface area contributed by atoms with E-state index < -0.39 is 0 Å². The molecule has 116 valence electrons. The first-order chi connectivity index (χ1) is 10.4. The Morgan fingerprint density at radius 1 is 1.50 bits per heavy atom. The van der Waals surface area contributed by atoms with Crippen LogP contribution in [0.3, 0.4) is 0 Å². The fraction of sp³-hybridized carbons (Fsp3) is 0.250. The van der Waals surface area contributed by atoms with Crippen LogP contribution in [0, 0.1) is 12.3 Å². The molecule has 0 saturated carbocycles. The van der Waals surface area contributed by atoms with E-state index in [-0.39, 0.29) is 5.17 Å². The van der Waals surface area contributed by atoms with E-state index in [0.29, 0.717) is 12.2 Å². The molecule has 0 atom stereocenters. The van der Waals surface area contributed by atoms with Gasteiger partial charge in [0, 0.05) is 21.0 Å². The number of nitrogens with two attached hydrogens (primary N) is 1. The number of fused-ring (bicyclic) bond motifs is 1. The van der Waals surface area contributed by atoms with Crippen molar-refractivity contribution in [3.63, 3.8) is 0 Å². The Morgan fingerprint density at radius 3 is 2.82 bits per heavy atom. The Kier molecular flexibility index (Phi) is 5.32. The van der Waals surface area contributed by atoms with E-state index in [9.17, 15) is 0 Å². The van der Waals surface area contributed by atoms with Gasteiger partial charge < -0.3 is 10.5 Å². The minimum Gasteiger partial charge on any atom is -0.494 e. The van der Waals surface area contributed by atoms with Crippen LogP contribution in [0.25, 0.3) is 10.9 Å². The zero-order chi connectivity index (χ0) is 16.3. The summed E-state index contributed by atoms with van der Waals surface area (Å²) in [4.78, 5) is 5.60. The molecule has 6 heteroatoms. The molecule has 0 aliphatic rings. The van der Waals surface area contributed by atoms with Crippen LogP contribution in [-0.4, -0.2) is 17.3 Å². The number of hydrogen-bond acceptors (Lipinski definition) is 4. The smallest absolute Gasteiger partial charge is 0.155 e. The van der Waals surface area contributed by atoms with Gasteiger partial charge in [0.05, 0.1) is 7.11 Å². The van der Waals surface area contributed by atoms with Crippen LogP contribution in [0.1, 0.15) is 18.2 Å². The maximum atomic E-state index is 7.64. The molecule has 0 bridgehead atoms. The van der Waals surface area contributed by atoms with E-state index in [1.54, 1.807) is 7.11 Å². The Balaban J connectivity index is 2.75. The molecule has 0 aliphatic heterocycles. The summed E-state index contributed by atoms with van der Waals surface area (Å²) in [6.45, 7) is 3.79. The molecule has 0 spiro atoms. The topological polar surface area (TPSA) is 72.0 Å². The highest BCUT2D eigenvalue weighted by Crippen LogP contribution is 2.36. The van der Waals surface area contributed by atoms with Crippen LogP contribution >= 0.6 is 23.4 Å². The van der Waals surface area contributed by atoms with Crippen LogP contribution < -0.4 is 10.5 Å². The third kappa shape index (κ3) is 3.54. The van der Waals surface area contributed by atoms with Gasteiger partial charge in [0.2, 0.25) is 0 Å². The Labute approximate surface area is 139 Å². The quantitative estimate of drug-likeness (QED) is 0.498. The number of hydrogen-bond donors (Lipinski definition) is 2. The first-order valence-electron chi connectivity index (χ1n) is 6.74. The summed E-state index contributed by atoms with van der Waals surface area (Å²) in [6.07, 6.45) is 2.58. The minimum atomic E-state index is 0.0440. The molecule has 22 heavy (non-hydrogen) atoms. The first kappa shape index (κ1) is 16.6. The summed E-state index contributed by atoms with van der Waals surface area (Å²) in [5, 5.41) is 9.34. The van der Waals surface area contributed by atoms with E-state index in [4.69, 9.17) is 27.5 Å². The number of nitrogens with zero attached hydrogens (tertiary/aromatic N) is 1. The van der Waals surface area contributed by atoms with Gasteiger partial charge >= 0.3 is 0 Å². The number of methoxy groups -OCH3 is 1. The number of pyridine rings is 1. The van der Waals surface area contributed by atoms with Gasteiger partial charge in [-0.2, -0.15) is 0 Å². The number of halogens is 1. The van der Waals surface area contributed by atoms with Gasteiger partial charge in [-0.25, -0.2) is 4.98 Å². The Hall–Kier alpha value is -1.72. The zero-order valence-electron chi connectivity index (χ0n) is 12.7. The first-order valence-corrected chi connectivity index (χ1v) is 7.93. The lowest BCUT2D eigenvalue weighted by molar-refractivity contribution is 0.418. The van der Waals surface area contributed by atoms with Crippen LogP contribution in [0.5, 0.6) is 5.75 Å². The maximum Gasteiger partial charge on any atom is 0.155 e. The highest BCUT2D eigenvalue weighted by molar-refractivity contribution is 8.13. The second-order valence-corrected chi connectivity index (χ2v) is 6.47. The van der Waals surface area contributed by atoms with Gasteiger partial charge in [0.25, 0.3) is 0 Å². The molecule has 1 aromatic heterocycles. The molecule has 2 rings (SSSR count). The number of para-hydroxylation sites is 1. The normalized spacial score (nSPS) is 11.7. The standard InChI is InChI=1S/C16H18ClN3OS/c1-9(17)7-8-11-10(2)20-14-12(15(11)22-16(18)19)5-4-6-13(14)21-3/h4-7H,8H2,1-3H3,(H3,18,19)/b9-7-. The van der Waals surface area contributed by atoms with Gasteiger partial charge in [-0.3, -0.25) is 5.41 Å². The monoisotopic (exact) mass is 335 g/mol. The van der Waals surface area contributed by atoms with Crippen LogP contribution in [0.15, 0.2) is 34.2 Å². The van der Waals surface area contributed by atoms with Crippen molar-refractivity contribution in [1.29, 1.82) is 5.41 Å². The van der Waals surface area contributed by atoms with E-state index in [1.807, 2.05) is 38.1 Å². The number of nitrogens with one attached hydrogen (secondary N) is 1. The van der Waals surface area contributed by atoms with Crippen molar-refractivity contribution < 1.29 is 4.74 Å². The number of aryl methyl sites for hydroxylation is 1. The second-order valence-electron chi connectivity index (χ2n) is 4.82.